The summed E-state index contributed by atoms with van der Waals surface area (Å²) < 4.78 is 0. The molecule has 0 aromatic heterocycles. The maximum absolute atomic E-state index is 4.04. The van der Waals surface area contributed by atoms with Gasteiger partial charge >= 0.3 is 0 Å². The van der Waals surface area contributed by atoms with Crippen LogP contribution < -0.4 is 0 Å². The normalized spacial score (nSPS) is 23.1. The molecule has 0 atom stereocenters. The molecule has 0 unspecified atom stereocenters. The van der Waals surface area contributed by atoms with E-state index in [0.29, 0.717) is 0 Å². The minimum absolute atomic E-state index is 0.996. The van der Waals surface area contributed by atoms with Crippen LogP contribution in [0, 0.1) is 12.8 Å². The van der Waals surface area contributed by atoms with Gasteiger partial charge in [-0.3, -0.25) is 0 Å². The fourth-order valence-electron chi connectivity index (χ4n) is 3.18. The van der Waals surface area contributed by atoms with Gasteiger partial charge in [-0.2, -0.15) is 0 Å². The van der Waals surface area contributed by atoms with E-state index in [1.165, 1.54) is 89.9 Å². The summed E-state index contributed by atoms with van der Waals surface area (Å²) in [6, 6.07) is 0. The van der Waals surface area contributed by atoms with E-state index in [2.05, 4.69) is 6.92 Å². The van der Waals surface area contributed by atoms with Crippen LogP contribution in [0.4, 0.5) is 0 Å². The first kappa shape index (κ1) is 15.1. The maximum atomic E-state index is 4.04. The molecular formula is C17H33. The number of hydrogen-bond donors (Lipinski definition) is 0. The highest BCUT2D eigenvalue weighted by Crippen LogP contribution is 2.23. The van der Waals surface area contributed by atoms with Crippen molar-refractivity contribution in [1.82, 2.24) is 0 Å². The fourth-order valence-corrected chi connectivity index (χ4v) is 3.18. The fraction of sp³-hybridized carbons (Fsp3) is 0.941. The van der Waals surface area contributed by atoms with E-state index < -0.39 is 0 Å². The Morgan fingerprint density at radius 2 is 0.941 bits per heavy atom. The minimum Gasteiger partial charge on any atom is -0.0533 e. The summed E-state index contributed by atoms with van der Waals surface area (Å²) in [5.41, 5.74) is 0. The van der Waals surface area contributed by atoms with Crippen molar-refractivity contribution in [1.29, 1.82) is 0 Å². The van der Waals surface area contributed by atoms with Gasteiger partial charge < -0.3 is 0 Å². The summed E-state index contributed by atoms with van der Waals surface area (Å²) in [6.07, 6.45) is 21.8. The SMILES string of the molecule is [CH2]CCC1CCCCCCCCCCCCC1. The molecule has 0 aliphatic heterocycles. The van der Waals surface area contributed by atoms with Crippen LogP contribution in [0.5, 0.6) is 0 Å². The molecule has 1 saturated carbocycles. The zero-order chi connectivity index (χ0) is 12.2. The van der Waals surface area contributed by atoms with Gasteiger partial charge in [-0.25, -0.2) is 0 Å². The maximum Gasteiger partial charge on any atom is -0.0414 e. The monoisotopic (exact) mass is 237 g/mol. The molecule has 1 radical (unpaired) electrons. The first-order valence-corrected chi connectivity index (χ1v) is 8.22. The summed E-state index contributed by atoms with van der Waals surface area (Å²) in [4.78, 5) is 0. The quantitative estimate of drug-likeness (QED) is 0.528. The molecule has 101 valence electrons. The van der Waals surface area contributed by atoms with Gasteiger partial charge in [0.2, 0.25) is 0 Å². The smallest absolute Gasteiger partial charge is 0.0414 e. The van der Waals surface area contributed by atoms with Gasteiger partial charge in [0.15, 0.2) is 0 Å². The molecule has 0 aromatic rings. The Balaban J connectivity index is 2.19. The summed E-state index contributed by atoms with van der Waals surface area (Å²) >= 11 is 0. The van der Waals surface area contributed by atoms with E-state index in [-0.39, 0.29) is 0 Å². The van der Waals surface area contributed by atoms with Gasteiger partial charge in [-0.15, -0.1) is 0 Å². The van der Waals surface area contributed by atoms with Crippen LogP contribution in [0.1, 0.15) is 96.3 Å². The molecule has 0 aromatic carbocycles. The number of rotatable bonds is 2. The lowest BCUT2D eigenvalue weighted by Crippen LogP contribution is -2.01. The molecule has 0 spiro atoms. The summed E-state index contributed by atoms with van der Waals surface area (Å²) in [7, 11) is 0. The number of hydrogen-bond acceptors (Lipinski definition) is 0. The van der Waals surface area contributed by atoms with Crippen LogP contribution >= 0.6 is 0 Å². The standard InChI is InChI=1S/C17H33/c1-2-14-17-15-12-10-8-6-4-3-5-7-9-11-13-16-17/h17H,1-16H2. The molecule has 1 rings (SSSR count). The third kappa shape index (κ3) is 8.69. The molecule has 0 N–H and O–H groups in total. The second-order valence-electron chi connectivity index (χ2n) is 5.97. The first-order valence-electron chi connectivity index (χ1n) is 8.22. The minimum atomic E-state index is 0.996. The van der Waals surface area contributed by atoms with Gasteiger partial charge in [-0.05, 0) is 5.92 Å². The highest BCUT2D eigenvalue weighted by molar-refractivity contribution is 4.62. The molecule has 1 aliphatic carbocycles. The van der Waals surface area contributed by atoms with Crippen LogP contribution in [-0.2, 0) is 0 Å². The molecular weight excluding hydrogens is 204 g/mol. The van der Waals surface area contributed by atoms with Crippen molar-refractivity contribution in [2.24, 2.45) is 5.92 Å². The Morgan fingerprint density at radius 3 is 1.29 bits per heavy atom. The van der Waals surface area contributed by atoms with Crippen LogP contribution in [0.25, 0.3) is 0 Å². The van der Waals surface area contributed by atoms with E-state index in [0.717, 1.165) is 12.3 Å². The van der Waals surface area contributed by atoms with Crippen LogP contribution in [0.2, 0.25) is 0 Å². The molecule has 1 fully saturated rings. The zero-order valence-corrected chi connectivity index (χ0v) is 11.9. The molecule has 0 saturated heterocycles. The van der Waals surface area contributed by atoms with Crippen molar-refractivity contribution < 1.29 is 0 Å². The van der Waals surface area contributed by atoms with Crippen molar-refractivity contribution in [3.63, 3.8) is 0 Å². The Kier molecular flexibility index (Phi) is 9.84. The third-order valence-electron chi connectivity index (χ3n) is 4.34. The summed E-state index contributed by atoms with van der Waals surface area (Å²) in [5.74, 6) is 0.996. The van der Waals surface area contributed by atoms with E-state index >= 15 is 0 Å². The van der Waals surface area contributed by atoms with E-state index in [4.69, 9.17) is 0 Å². The van der Waals surface area contributed by atoms with Crippen molar-refractivity contribution in [3.8, 4) is 0 Å². The van der Waals surface area contributed by atoms with Gasteiger partial charge in [0.1, 0.15) is 0 Å². The average Bonchev–Trinajstić information content (AvgIpc) is 2.34. The predicted molar refractivity (Wildman–Crippen MR) is 78.1 cm³/mol. The zero-order valence-electron chi connectivity index (χ0n) is 11.9. The molecule has 0 bridgehead atoms. The van der Waals surface area contributed by atoms with Crippen LogP contribution in [0.15, 0.2) is 0 Å². The lowest BCUT2D eigenvalue weighted by Gasteiger charge is -2.16. The van der Waals surface area contributed by atoms with Crippen LogP contribution in [0.3, 0.4) is 0 Å². The van der Waals surface area contributed by atoms with Gasteiger partial charge in [0.25, 0.3) is 0 Å². The van der Waals surface area contributed by atoms with Crippen LogP contribution in [-0.4, -0.2) is 0 Å². The highest BCUT2D eigenvalue weighted by Gasteiger charge is 2.07. The molecule has 0 nitrogen and oxygen atoms in total. The second-order valence-corrected chi connectivity index (χ2v) is 5.97. The molecule has 0 heteroatoms. The summed E-state index contributed by atoms with van der Waals surface area (Å²) in [5, 5.41) is 0. The highest BCUT2D eigenvalue weighted by atomic mass is 14.1. The van der Waals surface area contributed by atoms with E-state index in [1.54, 1.807) is 0 Å². The van der Waals surface area contributed by atoms with Gasteiger partial charge in [0, 0.05) is 0 Å². The van der Waals surface area contributed by atoms with Crippen molar-refractivity contribution in [2.45, 2.75) is 96.3 Å². The van der Waals surface area contributed by atoms with Crippen molar-refractivity contribution in [2.75, 3.05) is 0 Å². The van der Waals surface area contributed by atoms with Gasteiger partial charge in [-0.1, -0.05) is 103 Å². The van der Waals surface area contributed by atoms with Crippen molar-refractivity contribution >= 4 is 0 Å². The van der Waals surface area contributed by atoms with Crippen molar-refractivity contribution in [3.05, 3.63) is 6.92 Å². The summed E-state index contributed by atoms with van der Waals surface area (Å²) in [6.45, 7) is 4.04. The second kappa shape index (κ2) is 11.1. The molecule has 17 heavy (non-hydrogen) atoms. The van der Waals surface area contributed by atoms with E-state index in [9.17, 15) is 0 Å². The lowest BCUT2D eigenvalue weighted by atomic mass is 9.90. The molecule has 0 amide bonds. The Morgan fingerprint density at radius 1 is 0.588 bits per heavy atom. The molecule has 1 aliphatic rings. The van der Waals surface area contributed by atoms with Gasteiger partial charge in [0.05, 0.1) is 0 Å². The topological polar surface area (TPSA) is 0 Å². The molecule has 0 heterocycles. The predicted octanol–water partition coefficient (Wildman–Crippen LogP) is 6.30. The largest absolute Gasteiger partial charge is 0.0533 e. The Labute approximate surface area is 110 Å². The third-order valence-corrected chi connectivity index (χ3v) is 4.34. The Bertz CT molecular complexity index is 136. The first-order chi connectivity index (χ1) is 8.43. The lowest BCUT2D eigenvalue weighted by molar-refractivity contribution is 0.378. The Hall–Kier alpha value is 0. The average molecular weight is 237 g/mol. The van der Waals surface area contributed by atoms with E-state index in [1.807, 2.05) is 0 Å².